The quantitative estimate of drug-likeness (QED) is 0.0566. The van der Waals surface area contributed by atoms with E-state index in [1.54, 1.807) is 12.1 Å². The lowest BCUT2D eigenvalue weighted by atomic mass is 10.0. The number of carboxylic acids is 2. The molecule has 4 N–H and O–H groups in total. The van der Waals surface area contributed by atoms with Crippen molar-refractivity contribution in [1.82, 2.24) is 10.3 Å². The first-order chi connectivity index (χ1) is 28.1. The molecule has 16 nitrogen and oxygen atoms in total. The largest absolute Gasteiger partial charge is 0.494 e. The molecule has 17 heteroatoms. The van der Waals surface area contributed by atoms with Crippen LogP contribution < -0.4 is 14.8 Å². The van der Waals surface area contributed by atoms with Gasteiger partial charge in [-0.05, 0) is 43.5 Å². The molecule has 0 spiro atoms. The molecule has 2 rings (SSSR count). The molecule has 1 amide bonds. The molecular formula is C41H63N3O13S. The van der Waals surface area contributed by atoms with Crippen molar-refractivity contribution in [2.24, 2.45) is 0 Å². The highest BCUT2D eigenvalue weighted by Crippen LogP contribution is 2.21. The van der Waals surface area contributed by atoms with Crippen LogP contribution in [0.4, 0.5) is 5.82 Å². The van der Waals surface area contributed by atoms with Crippen LogP contribution in [0, 0.1) is 0 Å². The van der Waals surface area contributed by atoms with Gasteiger partial charge in [0.2, 0.25) is 0 Å². The van der Waals surface area contributed by atoms with Crippen LogP contribution in [0.3, 0.4) is 0 Å². The zero-order valence-corrected chi connectivity index (χ0v) is 34.5. The van der Waals surface area contributed by atoms with E-state index in [0.717, 1.165) is 38.5 Å². The topological polar surface area (TPSA) is 226 Å². The molecule has 1 aromatic heterocycles. The first-order valence-electron chi connectivity index (χ1n) is 20.3. The third-order valence-electron chi connectivity index (χ3n) is 8.69. The summed E-state index contributed by atoms with van der Waals surface area (Å²) in [6.07, 6.45) is 16.9. The predicted molar refractivity (Wildman–Crippen MR) is 217 cm³/mol. The van der Waals surface area contributed by atoms with E-state index in [1.165, 1.54) is 75.4 Å². The summed E-state index contributed by atoms with van der Waals surface area (Å²) in [4.78, 5) is 49.4. The molecule has 58 heavy (non-hydrogen) atoms. The molecule has 0 saturated carbocycles. The van der Waals surface area contributed by atoms with Crippen LogP contribution in [0.25, 0.3) is 0 Å². The van der Waals surface area contributed by atoms with Gasteiger partial charge in [-0.3, -0.25) is 19.1 Å². The summed E-state index contributed by atoms with van der Waals surface area (Å²) >= 11 is 0. The fraction of sp³-hybridized carbons (Fsp3) is 0.634. The smallest absolute Gasteiger partial charge is 0.329 e. The van der Waals surface area contributed by atoms with E-state index in [2.05, 4.69) is 15.0 Å². The van der Waals surface area contributed by atoms with E-state index in [9.17, 15) is 27.6 Å². The van der Waals surface area contributed by atoms with Gasteiger partial charge in [-0.1, -0.05) is 76.7 Å². The number of rotatable bonds is 38. The average molecular weight is 838 g/mol. The van der Waals surface area contributed by atoms with Crippen LogP contribution in [0.2, 0.25) is 0 Å². The first-order valence-corrected chi connectivity index (χ1v) is 21.8. The number of hydrogen-bond acceptors (Lipinski definition) is 12. The van der Waals surface area contributed by atoms with Crippen molar-refractivity contribution < 1.29 is 61.5 Å². The molecule has 0 aliphatic heterocycles. The lowest BCUT2D eigenvalue weighted by molar-refractivity contribution is -0.143. The number of aromatic nitrogens is 1. The SMILES string of the molecule is O=C(O)CCCCCCCCCCCCCCCOc1cccc(S(=O)(=O)Nc2ccc(C(=O)NCCOCCOCC(=O)CCCOCCOCC(=O)O)cn2)c1. The van der Waals surface area contributed by atoms with Gasteiger partial charge in [0, 0.05) is 38.3 Å². The molecule has 1 aromatic carbocycles. The Morgan fingerprint density at radius 3 is 1.83 bits per heavy atom. The van der Waals surface area contributed by atoms with Crippen molar-refractivity contribution >= 4 is 39.5 Å². The number of ketones is 1. The molecule has 0 aliphatic rings. The van der Waals surface area contributed by atoms with Crippen LogP contribution in [0.15, 0.2) is 47.5 Å². The highest BCUT2D eigenvalue weighted by atomic mass is 32.2. The molecule has 2 aromatic rings. The van der Waals surface area contributed by atoms with Crippen molar-refractivity contribution in [3.05, 3.63) is 48.2 Å². The number of amides is 1. The maximum absolute atomic E-state index is 13.0. The maximum Gasteiger partial charge on any atom is 0.329 e. The minimum absolute atomic E-state index is 0.0323. The second-order valence-corrected chi connectivity index (χ2v) is 15.4. The van der Waals surface area contributed by atoms with Crippen LogP contribution >= 0.6 is 0 Å². The Morgan fingerprint density at radius 2 is 1.21 bits per heavy atom. The van der Waals surface area contributed by atoms with Crippen LogP contribution in [-0.4, -0.2) is 113 Å². The lowest BCUT2D eigenvalue weighted by Gasteiger charge is -2.11. The Kier molecular flexibility index (Phi) is 27.4. The van der Waals surface area contributed by atoms with Crippen molar-refractivity contribution in [3.63, 3.8) is 0 Å². The molecule has 0 saturated heterocycles. The number of unbranched alkanes of at least 4 members (excludes halogenated alkanes) is 12. The van der Waals surface area contributed by atoms with E-state index < -0.39 is 27.9 Å². The van der Waals surface area contributed by atoms with Gasteiger partial charge >= 0.3 is 11.9 Å². The number of Topliss-reactive ketones (excluding diaryl/α,β-unsaturated/α-hetero) is 1. The molecule has 1 heterocycles. The third-order valence-corrected chi connectivity index (χ3v) is 10.0. The molecule has 326 valence electrons. The van der Waals surface area contributed by atoms with Gasteiger partial charge in [-0.25, -0.2) is 18.2 Å². The van der Waals surface area contributed by atoms with Gasteiger partial charge < -0.3 is 39.2 Å². The zero-order chi connectivity index (χ0) is 42.1. The number of nitrogens with one attached hydrogen (secondary N) is 2. The monoisotopic (exact) mass is 837 g/mol. The zero-order valence-electron chi connectivity index (χ0n) is 33.7. The highest BCUT2D eigenvalue weighted by Gasteiger charge is 2.16. The molecule has 0 bridgehead atoms. The minimum Gasteiger partial charge on any atom is -0.494 e. The minimum atomic E-state index is -3.96. The third kappa shape index (κ3) is 26.0. The summed E-state index contributed by atoms with van der Waals surface area (Å²) < 4.78 is 55.2. The molecule has 0 fully saturated rings. The summed E-state index contributed by atoms with van der Waals surface area (Å²) in [7, 11) is -3.96. The Bertz CT molecular complexity index is 1560. The first kappa shape index (κ1) is 50.0. The number of benzene rings is 1. The number of anilines is 1. The standard InChI is InChI=1S/C41H63N3O13S/c45-35(16-15-23-53-26-29-56-33-40(48)49)32-55-28-27-54-25-22-42-41(50)34-20-21-38(43-31-34)44-58(51,52)37-18-14-17-36(30-37)57-24-13-11-9-7-5-3-1-2-4-6-8-10-12-19-39(46)47/h14,17-18,20-21,30-31H,1-13,15-16,19,22-29,32-33H2,(H,42,50)(H,43,44)(H,46,47)(H,48,49). The number of nitrogens with zero attached hydrogens (tertiary/aromatic N) is 1. The van der Waals surface area contributed by atoms with Gasteiger partial charge in [0.25, 0.3) is 15.9 Å². The average Bonchev–Trinajstić information content (AvgIpc) is 3.19. The van der Waals surface area contributed by atoms with Gasteiger partial charge in [-0.2, -0.15) is 0 Å². The number of ether oxygens (including phenoxy) is 5. The fourth-order valence-electron chi connectivity index (χ4n) is 5.60. The van der Waals surface area contributed by atoms with Crippen molar-refractivity contribution in [1.29, 1.82) is 0 Å². The van der Waals surface area contributed by atoms with Crippen LogP contribution in [0.5, 0.6) is 5.75 Å². The number of carbonyl (C=O) groups excluding carboxylic acids is 2. The Morgan fingerprint density at radius 1 is 0.603 bits per heavy atom. The Labute approximate surface area is 342 Å². The summed E-state index contributed by atoms with van der Waals surface area (Å²) in [5, 5.41) is 19.8. The predicted octanol–water partition coefficient (Wildman–Crippen LogP) is 6.04. The number of pyridine rings is 1. The Hall–Kier alpha value is -4.16. The second kappa shape index (κ2) is 31.8. The second-order valence-electron chi connectivity index (χ2n) is 13.7. The summed E-state index contributed by atoms with van der Waals surface area (Å²) in [5.41, 5.74) is 0.242. The molecular weight excluding hydrogens is 775 g/mol. The number of hydrogen-bond donors (Lipinski definition) is 4. The van der Waals surface area contributed by atoms with Gasteiger partial charge in [0.05, 0.1) is 50.1 Å². The van der Waals surface area contributed by atoms with E-state index in [4.69, 9.17) is 33.9 Å². The fourth-order valence-corrected chi connectivity index (χ4v) is 6.64. The van der Waals surface area contributed by atoms with Crippen molar-refractivity contribution in [2.75, 3.05) is 70.7 Å². The van der Waals surface area contributed by atoms with Crippen molar-refractivity contribution in [3.8, 4) is 5.75 Å². The van der Waals surface area contributed by atoms with Gasteiger partial charge in [0.1, 0.15) is 24.8 Å². The summed E-state index contributed by atoms with van der Waals surface area (Å²) in [6, 6.07) is 9.16. The lowest BCUT2D eigenvalue weighted by Crippen LogP contribution is -2.28. The van der Waals surface area contributed by atoms with Crippen LogP contribution in [0.1, 0.15) is 113 Å². The number of aliphatic carboxylic acids is 2. The maximum atomic E-state index is 13.0. The Balaban J connectivity index is 1.51. The number of carbonyl (C=O) groups is 4. The van der Waals surface area contributed by atoms with E-state index in [1.807, 2.05) is 0 Å². The molecule has 0 atom stereocenters. The van der Waals surface area contributed by atoms with E-state index >= 15 is 0 Å². The van der Waals surface area contributed by atoms with Crippen molar-refractivity contribution in [2.45, 2.75) is 108 Å². The summed E-state index contributed by atoms with van der Waals surface area (Å²) in [5.74, 6) is -1.71. The highest BCUT2D eigenvalue weighted by molar-refractivity contribution is 7.92. The molecule has 0 unspecified atom stereocenters. The number of sulfonamides is 1. The van der Waals surface area contributed by atoms with E-state index in [-0.39, 0.29) is 81.3 Å². The molecule has 0 aliphatic carbocycles. The normalized spacial score (nSPS) is 11.3. The number of carboxylic acid groups (broad SMARTS) is 2. The summed E-state index contributed by atoms with van der Waals surface area (Å²) in [6.45, 7) is 1.73. The molecule has 0 radical (unpaired) electrons. The van der Waals surface area contributed by atoms with Gasteiger partial charge in [-0.15, -0.1) is 0 Å². The van der Waals surface area contributed by atoms with Crippen LogP contribution in [-0.2, 0) is 43.4 Å². The van der Waals surface area contributed by atoms with E-state index in [0.29, 0.717) is 31.8 Å². The van der Waals surface area contributed by atoms with Gasteiger partial charge in [0.15, 0.2) is 5.78 Å².